The molecule has 0 fully saturated rings. The largest absolute Gasteiger partial charge is 0.481 e. The van der Waals surface area contributed by atoms with Gasteiger partial charge in [0.05, 0.1) is 36.8 Å². The second kappa shape index (κ2) is 27.6. The van der Waals surface area contributed by atoms with E-state index in [0.717, 1.165) is 27.7 Å². The van der Waals surface area contributed by atoms with Crippen molar-refractivity contribution in [2.45, 2.75) is 64.5 Å². The molecule has 0 bridgehead atoms. The minimum Gasteiger partial charge on any atom is -0.481 e. The van der Waals surface area contributed by atoms with E-state index in [1.807, 2.05) is 0 Å². The molecule has 0 unspecified atom stereocenters. The number of rotatable bonds is 10. The number of hydrogen-bond acceptors (Lipinski definition) is 12. The fraction of sp³-hybridized carbons (Fsp3) is 0.600. The Morgan fingerprint density at radius 2 is 0.525 bits per heavy atom. The maximum atomic E-state index is 10.8. The number of carboxylic acid groups (broad SMARTS) is 8. The van der Waals surface area contributed by atoms with Gasteiger partial charge >= 0.3 is 23.9 Å². The third-order valence-corrected chi connectivity index (χ3v) is 3.02. The van der Waals surface area contributed by atoms with Crippen LogP contribution in [-0.2, 0) is 38.4 Å². The molecule has 0 amide bonds. The summed E-state index contributed by atoms with van der Waals surface area (Å²) < 4.78 is 0. The van der Waals surface area contributed by atoms with Crippen LogP contribution >= 0.6 is 0 Å². The van der Waals surface area contributed by atoms with Crippen LogP contribution in [0, 0.1) is 0 Å². The van der Waals surface area contributed by atoms with Gasteiger partial charge in [0.25, 0.3) is 23.9 Å². The van der Waals surface area contributed by atoms with Crippen molar-refractivity contribution in [3.05, 3.63) is 0 Å². The molecule has 20 nitrogen and oxygen atoms in total. The normalized spacial score (nSPS) is 9.20. The van der Waals surface area contributed by atoms with Crippen LogP contribution in [0.5, 0.6) is 0 Å². The Morgan fingerprint density at radius 3 is 0.575 bits per heavy atom. The molecule has 0 aromatic rings. The van der Waals surface area contributed by atoms with Crippen molar-refractivity contribution in [3.8, 4) is 0 Å². The highest BCUT2D eigenvalue weighted by molar-refractivity contribution is 5.78. The predicted octanol–water partition coefficient (Wildman–Crippen LogP) is -2.45. The maximum Gasteiger partial charge on any atom is 0.305 e. The fourth-order valence-corrected chi connectivity index (χ4v) is 1.91. The van der Waals surface area contributed by atoms with Crippen LogP contribution in [-0.4, -0.2) is 113 Å². The smallest absolute Gasteiger partial charge is 0.305 e. The van der Waals surface area contributed by atoms with Gasteiger partial charge in [-0.3, -0.25) is 38.4 Å². The molecule has 0 rings (SSSR count). The summed E-state index contributed by atoms with van der Waals surface area (Å²) in [7, 11) is 0. The zero-order valence-electron chi connectivity index (χ0n) is 22.4. The first-order valence-corrected chi connectivity index (χ1v) is 10.4. The fourth-order valence-electron chi connectivity index (χ4n) is 1.91. The van der Waals surface area contributed by atoms with E-state index in [0.29, 0.717) is 13.1 Å². The molecule has 0 aliphatic carbocycles. The summed E-state index contributed by atoms with van der Waals surface area (Å²) in [5, 5.41) is 64.7. The zero-order chi connectivity index (χ0) is 33.9. The highest BCUT2D eigenvalue weighted by Crippen LogP contribution is 2.31. The van der Waals surface area contributed by atoms with Gasteiger partial charge in [0, 0.05) is 40.8 Å². The molecule has 236 valence electrons. The number of hydrogen-bond donors (Lipinski definition) is 12. The van der Waals surface area contributed by atoms with Crippen molar-refractivity contribution in [1.29, 1.82) is 0 Å². The first-order chi connectivity index (χ1) is 17.8. The van der Waals surface area contributed by atoms with Gasteiger partial charge in [-0.2, -0.15) is 0 Å². The first-order valence-electron chi connectivity index (χ1n) is 10.4. The number of aliphatic carboxylic acids is 8. The molecule has 40 heavy (non-hydrogen) atoms. The Bertz CT molecular complexity index is 678. The van der Waals surface area contributed by atoms with Crippen molar-refractivity contribution >= 4 is 47.8 Å². The lowest BCUT2D eigenvalue weighted by molar-refractivity contribution is -0.150. The Balaban J connectivity index is -0.000000116. The molecule has 0 spiro atoms. The molecule has 0 saturated carbocycles. The Labute approximate surface area is 228 Å². The minimum atomic E-state index is -2.22. The maximum absolute atomic E-state index is 10.8. The Morgan fingerprint density at radius 1 is 0.425 bits per heavy atom. The highest BCUT2D eigenvalue weighted by atomic mass is 16.4. The van der Waals surface area contributed by atoms with Gasteiger partial charge in [-0.05, 0) is 0 Å². The summed E-state index contributed by atoms with van der Waals surface area (Å²) in [6.07, 6.45) is -3.90. The molecule has 0 heterocycles. The molecular formula is C20H40N4O16. The Hall–Kier alpha value is -4.40. The van der Waals surface area contributed by atoms with Crippen LogP contribution in [0.15, 0.2) is 0 Å². The summed E-state index contributed by atoms with van der Waals surface area (Å²) in [4.78, 5) is 79.2. The number of carbonyl (C=O) groups is 8. The van der Waals surface area contributed by atoms with Gasteiger partial charge in [-0.15, -0.1) is 0 Å². The number of carboxylic acids is 8. The van der Waals surface area contributed by atoms with Crippen molar-refractivity contribution in [1.82, 2.24) is 0 Å². The van der Waals surface area contributed by atoms with E-state index in [-0.39, 0.29) is 0 Å². The van der Waals surface area contributed by atoms with E-state index in [9.17, 15) is 19.2 Å². The van der Waals surface area contributed by atoms with Crippen LogP contribution in [0.3, 0.4) is 0 Å². The van der Waals surface area contributed by atoms with E-state index in [2.05, 4.69) is 0 Å². The summed E-state index contributed by atoms with van der Waals surface area (Å²) in [6, 6.07) is 0. The molecule has 0 radical (unpaired) electrons. The minimum absolute atomic E-state index is 0.597. The van der Waals surface area contributed by atoms with Crippen molar-refractivity contribution in [2.24, 2.45) is 22.9 Å². The summed E-state index contributed by atoms with van der Waals surface area (Å²) in [5.74, 6) is -9.39. The number of nitrogens with two attached hydrogens (primary N) is 4. The van der Waals surface area contributed by atoms with Gasteiger partial charge in [-0.1, -0.05) is 0 Å². The summed E-state index contributed by atoms with van der Waals surface area (Å²) in [5.41, 5.74) is 16.7. The van der Waals surface area contributed by atoms with Gasteiger partial charge in [0.1, 0.15) is 0 Å². The first kappa shape index (κ1) is 48.6. The molecule has 0 aromatic heterocycles. The molecule has 0 saturated heterocycles. The van der Waals surface area contributed by atoms with Crippen LogP contribution in [0.1, 0.15) is 53.4 Å². The van der Waals surface area contributed by atoms with Crippen molar-refractivity contribution in [3.63, 3.8) is 0 Å². The quantitative estimate of drug-likeness (QED) is 0.125. The monoisotopic (exact) mass is 592 g/mol. The van der Waals surface area contributed by atoms with Gasteiger partial charge in [0.2, 0.25) is 0 Å². The Kier molecular flexibility index (Phi) is 33.6. The summed E-state index contributed by atoms with van der Waals surface area (Å²) >= 11 is 0. The third kappa shape index (κ3) is 54.5. The molecular weight excluding hydrogens is 552 g/mol. The van der Waals surface area contributed by atoms with Crippen LogP contribution in [0.4, 0.5) is 0 Å². The van der Waals surface area contributed by atoms with Crippen molar-refractivity contribution < 1.29 is 79.2 Å². The molecule has 0 aromatic carbocycles. The lowest BCUT2D eigenvalue weighted by Gasteiger charge is -2.42. The lowest BCUT2D eigenvalue weighted by Crippen LogP contribution is -2.68. The van der Waals surface area contributed by atoms with Crippen LogP contribution in [0.25, 0.3) is 0 Å². The van der Waals surface area contributed by atoms with E-state index >= 15 is 0 Å². The topological polar surface area (TPSA) is 402 Å². The van der Waals surface area contributed by atoms with E-state index in [1.165, 1.54) is 0 Å². The average Bonchev–Trinajstić information content (AvgIpc) is 2.63. The second-order valence-electron chi connectivity index (χ2n) is 7.25. The molecule has 20 heteroatoms. The van der Waals surface area contributed by atoms with Gasteiger partial charge in [0.15, 0.2) is 0 Å². The van der Waals surface area contributed by atoms with E-state index in [1.54, 1.807) is 0 Å². The second-order valence-corrected chi connectivity index (χ2v) is 7.25. The molecule has 0 aliphatic rings. The molecule has 16 N–H and O–H groups in total. The molecule has 0 atom stereocenters. The predicted molar refractivity (Wildman–Crippen MR) is 134 cm³/mol. The standard InChI is InChI=1S/C10H16N2O8.C2H8N2.4C2H4O2/c11-9(1-5(13)14,2-6(15)16)10(12,3-7(17)18)4-8(19)20;3-1-2-4;4*1-2(3)4/h1-4,11-12H2,(H,13,14)(H,15,16)(H,17,18)(H,19,20);1-4H2;4*1H3,(H,3,4). The van der Waals surface area contributed by atoms with Crippen molar-refractivity contribution in [2.75, 3.05) is 13.1 Å². The van der Waals surface area contributed by atoms with Gasteiger partial charge < -0.3 is 63.8 Å². The van der Waals surface area contributed by atoms with E-state index in [4.69, 9.17) is 83.0 Å². The lowest BCUT2D eigenvalue weighted by atomic mass is 9.69. The highest BCUT2D eigenvalue weighted by Gasteiger charge is 2.51. The SMILES string of the molecule is CC(=O)O.CC(=O)O.CC(=O)O.CC(=O)O.NC(CC(=O)O)(CC(=O)O)C(N)(CC(=O)O)CC(=O)O.NCCN. The third-order valence-electron chi connectivity index (χ3n) is 3.02. The zero-order valence-corrected chi connectivity index (χ0v) is 22.4. The van der Waals surface area contributed by atoms with E-state index < -0.39 is 84.5 Å². The molecule has 0 aliphatic heterocycles. The van der Waals surface area contributed by atoms with Crippen LogP contribution < -0.4 is 22.9 Å². The average molecular weight is 593 g/mol. The summed E-state index contributed by atoms with van der Waals surface area (Å²) in [6.45, 7) is 5.53. The van der Waals surface area contributed by atoms with Gasteiger partial charge in [-0.25, -0.2) is 0 Å². The van der Waals surface area contributed by atoms with Crippen LogP contribution in [0.2, 0.25) is 0 Å².